The molecule has 0 radical (unpaired) electrons. The van der Waals surface area contributed by atoms with Gasteiger partial charge in [0, 0.05) is 12.1 Å². The Labute approximate surface area is 99.9 Å². The van der Waals surface area contributed by atoms with E-state index >= 15 is 0 Å². The summed E-state index contributed by atoms with van der Waals surface area (Å²) in [6, 6.07) is 4.08. The van der Waals surface area contributed by atoms with Gasteiger partial charge in [-0.2, -0.15) is 0 Å². The van der Waals surface area contributed by atoms with Crippen LogP contribution in [0.5, 0.6) is 0 Å². The van der Waals surface area contributed by atoms with Crippen molar-refractivity contribution >= 4 is 5.91 Å². The molecule has 1 saturated heterocycles. The summed E-state index contributed by atoms with van der Waals surface area (Å²) >= 11 is 0. The molecule has 3 nitrogen and oxygen atoms in total. The maximum atomic E-state index is 13.0. The highest BCUT2D eigenvalue weighted by molar-refractivity contribution is 5.96. The first kappa shape index (κ1) is 12.0. The summed E-state index contributed by atoms with van der Waals surface area (Å²) in [6.07, 6.45) is 1.75. The molecular formula is C13H16FNO2. The van der Waals surface area contributed by atoms with E-state index in [9.17, 15) is 14.3 Å². The average Bonchev–Trinajstić information content (AvgIpc) is 2.76. The largest absolute Gasteiger partial charge is 0.394 e. The second-order valence-electron chi connectivity index (χ2n) is 4.44. The van der Waals surface area contributed by atoms with Crippen LogP contribution in [0.25, 0.3) is 0 Å². The van der Waals surface area contributed by atoms with Gasteiger partial charge in [-0.3, -0.25) is 4.79 Å². The molecule has 1 fully saturated rings. The van der Waals surface area contributed by atoms with E-state index in [-0.39, 0.29) is 24.4 Å². The fourth-order valence-corrected chi connectivity index (χ4v) is 2.31. The van der Waals surface area contributed by atoms with Crippen LogP contribution in [-0.4, -0.2) is 35.1 Å². The molecule has 2 rings (SSSR count). The number of aliphatic hydroxyl groups is 1. The Kier molecular flexibility index (Phi) is 3.43. The maximum Gasteiger partial charge on any atom is 0.254 e. The molecule has 1 amide bonds. The summed E-state index contributed by atoms with van der Waals surface area (Å²) in [6.45, 7) is 2.38. The summed E-state index contributed by atoms with van der Waals surface area (Å²) in [4.78, 5) is 13.9. The number of rotatable bonds is 2. The number of aliphatic hydroxyl groups excluding tert-OH is 1. The number of carbonyl (C=O) groups excluding carboxylic acids is 1. The highest BCUT2D eigenvalue weighted by Gasteiger charge is 2.29. The van der Waals surface area contributed by atoms with Gasteiger partial charge in [0.15, 0.2) is 0 Å². The summed E-state index contributed by atoms with van der Waals surface area (Å²) in [7, 11) is 0. The Bertz CT molecular complexity index is 433. The number of aryl methyl sites for hydroxylation is 1. The normalized spacial score (nSPS) is 19.7. The van der Waals surface area contributed by atoms with Gasteiger partial charge in [0.2, 0.25) is 0 Å². The van der Waals surface area contributed by atoms with Crippen LogP contribution in [0, 0.1) is 12.7 Å². The maximum absolute atomic E-state index is 13.0. The first-order chi connectivity index (χ1) is 8.13. The number of carbonyl (C=O) groups is 1. The van der Waals surface area contributed by atoms with Crippen molar-refractivity contribution in [3.8, 4) is 0 Å². The average molecular weight is 237 g/mol. The van der Waals surface area contributed by atoms with Crippen molar-refractivity contribution in [2.24, 2.45) is 0 Å². The summed E-state index contributed by atoms with van der Waals surface area (Å²) in [5, 5.41) is 9.19. The third kappa shape index (κ3) is 2.31. The van der Waals surface area contributed by atoms with Gasteiger partial charge in [-0.15, -0.1) is 0 Å². The predicted molar refractivity (Wildman–Crippen MR) is 62.3 cm³/mol. The fourth-order valence-electron chi connectivity index (χ4n) is 2.31. The van der Waals surface area contributed by atoms with Gasteiger partial charge in [0.05, 0.1) is 12.6 Å². The molecule has 17 heavy (non-hydrogen) atoms. The van der Waals surface area contributed by atoms with Gasteiger partial charge in [-0.05, 0) is 43.5 Å². The standard InChI is InChI=1S/C13H16FNO2/c1-9-7-10(14)4-5-12(9)13(17)15-6-2-3-11(15)8-16/h4-5,7,11,16H,2-3,6,8H2,1H3/t11-/m1/s1. The van der Waals surface area contributed by atoms with Gasteiger partial charge >= 0.3 is 0 Å². The monoisotopic (exact) mass is 237 g/mol. The van der Waals surface area contributed by atoms with Crippen molar-refractivity contribution in [2.75, 3.05) is 13.2 Å². The second-order valence-corrected chi connectivity index (χ2v) is 4.44. The number of benzene rings is 1. The Hall–Kier alpha value is -1.42. The molecule has 1 aromatic rings. The van der Waals surface area contributed by atoms with Crippen LogP contribution in [0.15, 0.2) is 18.2 Å². The van der Waals surface area contributed by atoms with E-state index in [2.05, 4.69) is 0 Å². The zero-order valence-corrected chi connectivity index (χ0v) is 9.82. The first-order valence-electron chi connectivity index (χ1n) is 5.81. The molecule has 1 N–H and O–H groups in total. The predicted octanol–water partition coefficient (Wildman–Crippen LogP) is 1.73. The Morgan fingerprint density at radius 2 is 2.35 bits per heavy atom. The number of halogens is 1. The molecule has 0 aliphatic carbocycles. The van der Waals surface area contributed by atoms with Crippen molar-refractivity contribution in [1.29, 1.82) is 0 Å². The van der Waals surface area contributed by atoms with Gasteiger partial charge in [-0.25, -0.2) is 4.39 Å². The van der Waals surface area contributed by atoms with Crippen molar-refractivity contribution in [3.05, 3.63) is 35.1 Å². The fraction of sp³-hybridized carbons (Fsp3) is 0.462. The van der Waals surface area contributed by atoms with Gasteiger partial charge in [0.1, 0.15) is 5.82 Å². The van der Waals surface area contributed by atoms with E-state index in [0.29, 0.717) is 17.7 Å². The highest BCUT2D eigenvalue weighted by Crippen LogP contribution is 2.21. The zero-order chi connectivity index (χ0) is 12.4. The summed E-state index contributed by atoms with van der Waals surface area (Å²) in [5.41, 5.74) is 1.16. The van der Waals surface area contributed by atoms with Crippen LogP contribution >= 0.6 is 0 Å². The lowest BCUT2D eigenvalue weighted by Crippen LogP contribution is -2.37. The van der Waals surface area contributed by atoms with E-state index in [1.165, 1.54) is 18.2 Å². The third-order valence-corrected chi connectivity index (χ3v) is 3.27. The van der Waals surface area contributed by atoms with Gasteiger partial charge < -0.3 is 10.0 Å². The van der Waals surface area contributed by atoms with Crippen LogP contribution in [0.4, 0.5) is 4.39 Å². The van der Waals surface area contributed by atoms with Crippen LogP contribution in [0.1, 0.15) is 28.8 Å². The van der Waals surface area contributed by atoms with Crippen molar-refractivity contribution in [3.63, 3.8) is 0 Å². The van der Waals surface area contributed by atoms with E-state index in [0.717, 1.165) is 12.8 Å². The van der Waals surface area contributed by atoms with Gasteiger partial charge in [0.25, 0.3) is 5.91 Å². The molecule has 0 spiro atoms. The molecule has 92 valence electrons. The lowest BCUT2D eigenvalue weighted by Gasteiger charge is -2.23. The van der Waals surface area contributed by atoms with Crippen LogP contribution in [-0.2, 0) is 0 Å². The number of amides is 1. The lowest BCUT2D eigenvalue weighted by atomic mass is 10.1. The highest BCUT2D eigenvalue weighted by atomic mass is 19.1. The third-order valence-electron chi connectivity index (χ3n) is 3.27. The SMILES string of the molecule is Cc1cc(F)ccc1C(=O)N1CCC[C@@H]1CO. The quantitative estimate of drug-likeness (QED) is 0.851. The minimum absolute atomic E-state index is 0.00795. The van der Waals surface area contributed by atoms with Crippen molar-refractivity contribution in [2.45, 2.75) is 25.8 Å². The number of likely N-dealkylation sites (tertiary alicyclic amines) is 1. The minimum Gasteiger partial charge on any atom is -0.394 e. The molecular weight excluding hydrogens is 221 g/mol. The van der Waals surface area contributed by atoms with E-state index in [4.69, 9.17) is 0 Å². The number of hydrogen-bond donors (Lipinski definition) is 1. The molecule has 1 aliphatic rings. The Balaban J connectivity index is 2.24. The molecule has 1 aliphatic heterocycles. The van der Waals surface area contributed by atoms with Crippen LogP contribution in [0.2, 0.25) is 0 Å². The van der Waals surface area contributed by atoms with E-state index in [1.807, 2.05) is 0 Å². The van der Waals surface area contributed by atoms with E-state index < -0.39 is 0 Å². The number of hydrogen-bond acceptors (Lipinski definition) is 2. The van der Waals surface area contributed by atoms with Crippen LogP contribution < -0.4 is 0 Å². The first-order valence-corrected chi connectivity index (χ1v) is 5.81. The minimum atomic E-state index is -0.334. The summed E-state index contributed by atoms with van der Waals surface area (Å²) < 4.78 is 13.0. The molecule has 0 aromatic heterocycles. The topological polar surface area (TPSA) is 40.5 Å². The lowest BCUT2D eigenvalue weighted by molar-refractivity contribution is 0.0677. The second kappa shape index (κ2) is 4.84. The van der Waals surface area contributed by atoms with Crippen LogP contribution in [0.3, 0.4) is 0 Å². The van der Waals surface area contributed by atoms with Crippen molar-refractivity contribution < 1.29 is 14.3 Å². The molecule has 1 aromatic carbocycles. The Morgan fingerprint density at radius 1 is 1.59 bits per heavy atom. The smallest absolute Gasteiger partial charge is 0.254 e. The molecule has 1 atom stereocenters. The molecule has 1 heterocycles. The van der Waals surface area contributed by atoms with Gasteiger partial charge in [-0.1, -0.05) is 0 Å². The zero-order valence-electron chi connectivity index (χ0n) is 9.82. The van der Waals surface area contributed by atoms with Crippen molar-refractivity contribution in [1.82, 2.24) is 4.90 Å². The Morgan fingerprint density at radius 3 is 3.00 bits per heavy atom. The molecule has 0 unspecified atom stereocenters. The van der Waals surface area contributed by atoms with E-state index in [1.54, 1.807) is 11.8 Å². The summed E-state index contributed by atoms with van der Waals surface area (Å²) in [5.74, 6) is -0.446. The molecule has 0 bridgehead atoms. The number of nitrogens with zero attached hydrogens (tertiary/aromatic N) is 1. The molecule has 0 saturated carbocycles. The molecule has 4 heteroatoms.